The highest BCUT2D eigenvalue weighted by molar-refractivity contribution is 6.83. The molecule has 3 nitrogen and oxygen atoms in total. The minimum atomic E-state index is -1.43. The summed E-state index contributed by atoms with van der Waals surface area (Å²) in [4.78, 5) is 2.30. The summed E-state index contributed by atoms with van der Waals surface area (Å²) in [5.41, 5.74) is 5.26. The van der Waals surface area contributed by atoms with Crippen molar-refractivity contribution in [3.8, 4) is 11.5 Å². The van der Waals surface area contributed by atoms with Crippen LogP contribution >= 0.6 is 0 Å². The first kappa shape index (κ1) is 15.1. The zero-order chi connectivity index (χ0) is 14.6. The van der Waals surface area contributed by atoms with E-state index in [9.17, 15) is 5.11 Å². The molecule has 1 heterocycles. The molecule has 1 fully saturated rings. The van der Waals surface area contributed by atoms with E-state index in [0.717, 1.165) is 31.9 Å². The van der Waals surface area contributed by atoms with Crippen molar-refractivity contribution in [2.45, 2.75) is 25.7 Å². The number of nitrogens with zero attached hydrogens (tertiary/aromatic N) is 1. The molecule has 1 atom stereocenters. The van der Waals surface area contributed by atoms with Crippen LogP contribution in [0.1, 0.15) is 11.7 Å². The molecular weight excluding hydrogens is 266 g/mol. The molecule has 1 aromatic carbocycles. The fourth-order valence-electron chi connectivity index (χ4n) is 2.06. The Kier molecular flexibility index (Phi) is 4.87. The van der Waals surface area contributed by atoms with Gasteiger partial charge in [0.25, 0.3) is 0 Å². The number of morpholine rings is 1. The zero-order valence-electron chi connectivity index (χ0n) is 12.5. The van der Waals surface area contributed by atoms with E-state index in [1.54, 1.807) is 0 Å². The predicted octanol–water partition coefficient (Wildman–Crippen LogP) is 2.44. The summed E-state index contributed by atoms with van der Waals surface area (Å²) in [6.07, 6.45) is -0.680. The van der Waals surface area contributed by atoms with Crippen molar-refractivity contribution < 1.29 is 9.84 Å². The van der Waals surface area contributed by atoms with Crippen molar-refractivity contribution >= 4 is 13.8 Å². The summed E-state index contributed by atoms with van der Waals surface area (Å²) in [5, 5.41) is 10.1. The topological polar surface area (TPSA) is 32.7 Å². The van der Waals surface area contributed by atoms with Crippen LogP contribution in [-0.2, 0) is 4.74 Å². The molecule has 1 aliphatic rings. The fourth-order valence-corrected chi connectivity index (χ4v) is 2.63. The second kappa shape index (κ2) is 6.44. The third kappa shape index (κ3) is 4.38. The molecule has 1 saturated heterocycles. The number of benzene rings is 1. The Hall–Kier alpha value is -1.28. The summed E-state index contributed by atoms with van der Waals surface area (Å²) < 4.78 is 5.35. The second-order valence-corrected chi connectivity index (χ2v) is 10.9. The largest absolute Gasteiger partial charge is 0.378 e. The summed E-state index contributed by atoms with van der Waals surface area (Å²) in [7, 11) is -1.43. The van der Waals surface area contributed by atoms with Gasteiger partial charge in [0.2, 0.25) is 0 Å². The Labute approximate surface area is 122 Å². The molecule has 0 aromatic heterocycles. The molecule has 20 heavy (non-hydrogen) atoms. The van der Waals surface area contributed by atoms with Gasteiger partial charge in [-0.2, -0.15) is 0 Å². The number of hydrogen-bond acceptors (Lipinski definition) is 3. The summed E-state index contributed by atoms with van der Waals surface area (Å²) in [6.45, 7) is 9.95. The van der Waals surface area contributed by atoms with Crippen LogP contribution in [0, 0.1) is 11.5 Å². The smallest absolute Gasteiger partial charge is 0.139 e. The monoisotopic (exact) mass is 289 g/mol. The van der Waals surface area contributed by atoms with Crippen LogP contribution < -0.4 is 4.90 Å². The number of hydrogen-bond donors (Lipinski definition) is 1. The molecule has 0 saturated carbocycles. The van der Waals surface area contributed by atoms with Crippen molar-refractivity contribution in [1.82, 2.24) is 0 Å². The minimum Gasteiger partial charge on any atom is -0.378 e. The van der Waals surface area contributed by atoms with E-state index in [0.29, 0.717) is 0 Å². The van der Waals surface area contributed by atoms with Gasteiger partial charge in [-0.25, -0.2) is 0 Å². The highest BCUT2D eigenvalue weighted by Crippen LogP contribution is 2.20. The van der Waals surface area contributed by atoms with E-state index in [2.05, 4.69) is 48.1 Å². The van der Waals surface area contributed by atoms with Crippen molar-refractivity contribution in [3.05, 3.63) is 29.8 Å². The Morgan fingerprint density at radius 2 is 1.75 bits per heavy atom. The molecule has 0 bridgehead atoms. The molecule has 0 spiro atoms. The van der Waals surface area contributed by atoms with Gasteiger partial charge in [0.15, 0.2) is 0 Å². The Balaban J connectivity index is 2.05. The number of aliphatic hydroxyl groups is 1. The first-order valence-electron chi connectivity index (χ1n) is 7.09. The first-order chi connectivity index (χ1) is 9.46. The average Bonchev–Trinajstić information content (AvgIpc) is 2.45. The highest BCUT2D eigenvalue weighted by atomic mass is 28.3. The van der Waals surface area contributed by atoms with Crippen LogP contribution in [-0.4, -0.2) is 39.5 Å². The Bertz CT molecular complexity index is 490. The van der Waals surface area contributed by atoms with Gasteiger partial charge in [-0.1, -0.05) is 37.7 Å². The standard InChI is InChI=1S/C16H23NO2Si/c1-20(2,3)13-8-16(18)14-4-6-15(7-5-14)17-9-11-19-12-10-17/h4-7,16,18H,9-12H2,1-3H3. The van der Waals surface area contributed by atoms with E-state index in [1.165, 1.54) is 5.69 Å². The van der Waals surface area contributed by atoms with E-state index in [4.69, 9.17) is 4.74 Å². The van der Waals surface area contributed by atoms with Gasteiger partial charge in [-0.05, 0) is 17.7 Å². The van der Waals surface area contributed by atoms with Gasteiger partial charge in [0.1, 0.15) is 14.2 Å². The van der Waals surface area contributed by atoms with Crippen molar-refractivity contribution in [2.75, 3.05) is 31.2 Å². The van der Waals surface area contributed by atoms with Crippen molar-refractivity contribution in [3.63, 3.8) is 0 Å². The average molecular weight is 289 g/mol. The molecule has 0 aliphatic carbocycles. The third-order valence-corrected chi connectivity index (χ3v) is 4.06. The van der Waals surface area contributed by atoms with Crippen LogP contribution in [0.2, 0.25) is 19.6 Å². The van der Waals surface area contributed by atoms with Crippen molar-refractivity contribution in [2.24, 2.45) is 0 Å². The van der Waals surface area contributed by atoms with Gasteiger partial charge >= 0.3 is 0 Å². The number of ether oxygens (including phenoxy) is 1. The van der Waals surface area contributed by atoms with Gasteiger partial charge in [-0.3, -0.25) is 0 Å². The van der Waals surface area contributed by atoms with Gasteiger partial charge in [0, 0.05) is 18.8 Å². The fraction of sp³-hybridized carbons (Fsp3) is 0.500. The van der Waals surface area contributed by atoms with Gasteiger partial charge in [0.05, 0.1) is 13.2 Å². The maximum atomic E-state index is 10.1. The maximum Gasteiger partial charge on any atom is 0.139 e. The van der Waals surface area contributed by atoms with Crippen LogP contribution in [0.15, 0.2) is 24.3 Å². The molecule has 0 amide bonds. The zero-order valence-corrected chi connectivity index (χ0v) is 13.5. The molecule has 1 N–H and O–H groups in total. The minimum absolute atomic E-state index is 0.680. The van der Waals surface area contributed by atoms with E-state index < -0.39 is 14.2 Å². The summed E-state index contributed by atoms with van der Waals surface area (Å²) in [6, 6.07) is 8.04. The SMILES string of the molecule is C[Si](C)(C)C#CC(O)c1ccc(N2CCOCC2)cc1. The lowest BCUT2D eigenvalue weighted by Gasteiger charge is -2.29. The van der Waals surface area contributed by atoms with E-state index in [-0.39, 0.29) is 0 Å². The van der Waals surface area contributed by atoms with Gasteiger partial charge < -0.3 is 14.7 Å². The van der Waals surface area contributed by atoms with E-state index >= 15 is 0 Å². The number of anilines is 1. The van der Waals surface area contributed by atoms with E-state index in [1.807, 2.05) is 12.1 Å². The van der Waals surface area contributed by atoms with Crippen LogP contribution in [0.25, 0.3) is 0 Å². The summed E-state index contributed by atoms with van der Waals surface area (Å²) in [5.74, 6) is 2.97. The normalized spacial score (nSPS) is 17.3. The molecular formula is C16H23NO2Si. The quantitative estimate of drug-likeness (QED) is 0.670. The molecule has 108 valence electrons. The number of rotatable bonds is 2. The van der Waals surface area contributed by atoms with Crippen LogP contribution in [0.4, 0.5) is 5.69 Å². The lowest BCUT2D eigenvalue weighted by Crippen LogP contribution is -2.36. The molecule has 1 unspecified atom stereocenters. The lowest BCUT2D eigenvalue weighted by atomic mass is 10.1. The third-order valence-electron chi connectivity index (χ3n) is 3.17. The lowest BCUT2D eigenvalue weighted by molar-refractivity contribution is 0.122. The maximum absolute atomic E-state index is 10.1. The van der Waals surface area contributed by atoms with Crippen molar-refractivity contribution in [1.29, 1.82) is 0 Å². The second-order valence-electron chi connectivity index (χ2n) is 6.11. The number of aliphatic hydroxyl groups excluding tert-OH is 1. The molecule has 0 radical (unpaired) electrons. The van der Waals surface area contributed by atoms with Crippen LogP contribution in [0.5, 0.6) is 0 Å². The Morgan fingerprint density at radius 1 is 1.15 bits per heavy atom. The van der Waals surface area contributed by atoms with Gasteiger partial charge in [-0.15, -0.1) is 5.54 Å². The van der Waals surface area contributed by atoms with Crippen LogP contribution in [0.3, 0.4) is 0 Å². The summed E-state index contributed by atoms with van der Waals surface area (Å²) >= 11 is 0. The predicted molar refractivity (Wildman–Crippen MR) is 85.6 cm³/mol. The Morgan fingerprint density at radius 3 is 2.30 bits per heavy atom. The highest BCUT2D eigenvalue weighted by Gasteiger charge is 2.12. The first-order valence-corrected chi connectivity index (χ1v) is 10.6. The molecule has 2 rings (SSSR count). The molecule has 1 aromatic rings. The molecule has 4 heteroatoms. The molecule has 1 aliphatic heterocycles.